The Morgan fingerprint density at radius 3 is 2.35 bits per heavy atom. The normalized spacial score (nSPS) is 12.1. The minimum Gasteiger partial charge on any atom is -0.481 e. The Morgan fingerprint density at radius 2 is 1.75 bits per heavy atom. The number of benzene rings is 1. The molecule has 0 radical (unpaired) electrons. The minimum atomic E-state index is -0.804. The van der Waals surface area contributed by atoms with E-state index in [1.54, 1.807) is 12.4 Å². The molecule has 0 amide bonds. The summed E-state index contributed by atoms with van der Waals surface area (Å²) < 4.78 is 0. The third kappa shape index (κ3) is 4.17. The van der Waals surface area contributed by atoms with Crippen LogP contribution in [0.1, 0.15) is 29.7 Å². The van der Waals surface area contributed by atoms with E-state index >= 15 is 0 Å². The number of carboxylic acid groups (broad SMARTS) is 1. The summed E-state index contributed by atoms with van der Waals surface area (Å²) in [5.74, 6) is -0.804. The maximum Gasteiger partial charge on any atom is 0.307 e. The molecule has 0 aliphatic heterocycles. The van der Waals surface area contributed by atoms with E-state index in [2.05, 4.69) is 17.2 Å². The first-order valence-electron chi connectivity index (χ1n) is 6.58. The molecule has 1 atom stereocenters. The molecule has 0 aliphatic carbocycles. The van der Waals surface area contributed by atoms with Crippen molar-refractivity contribution in [2.45, 2.75) is 25.9 Å². The van der Waals surface area contributed by atoms with Crippen LogP contribution in [0.2, 0.25) is 0 Å². The summed E-state index contributed by atoms with van der Waals surface area (Å²) in [4.78, 5) is 14.6. The zero-order valence-electron chi connectivity index (χ0n) is 11.4. The van der Waals surface area contributed by atoms with Crippen molar-refractivity contribution in [1.82, 2.24) is 10.3 Å². The molecular weight excluding hydrogens is 252 g/mol. The molecule has 4 nitrogen and oxygen atoms in total. The van der Waals surface area contributed by atoms with Crippen molar-refractivity contribution in [1.29, 1.82) is 0 Å². The Balaban J connectivity index is 1.89. The Morgan fingerprint density at radius 1 is 1.15 bits per heavy atom. The summed E-state index contributed by atoms with van der Waals surface area (Å²) in [7, 11) is 0. The van der Waals surface area contributed by atoms with E-state index in [-0.39, 0.29) is 12.5 Å². The molecule has 1 aromatic heterocycles. The molecule has 0 saturated carbocycles. The van der Waals surface area contributed by atoms with E-state index in [9.17, 15) is 4.79 Å². The lowest BCUT2D eigenvalue weighted by Gasteiger charge is -2.14. The molecule has 4 heteroatoms. The predicted molar refractivity (Wildman–Crippen MR) is 77.3 cm³/mol. The number of aliphatic carboxylic acids is 1. The number of carbonyl (C=O) groups is 1. The SMILES string of the molecule is C[C@H](NCc1ccc(CC(=O)O)cc1)c1ccncc1. The van der Waals surface area contributed by atoms with Crippen molar-refractivity contribution in [2.75, 3.05) is 0 Å². The topological polar surface area (TPSA) is 62.2 Å². The quantitative estimate of drug-likeness (QED) is 0.847. The smallest absolute Gasteiger partial charge is 0.307 e. The van der Waals surface area contributed by atoms with Crippen LogP contribution in [0.5, 0.6) is 0 Å². The monoisotopic (exact) mass is 270 g/mol. The molecular formula is C16H18N2O2. The van der Waals surface area contributed by atoms with E-state index in [0.717, 1.165) is 17.7 Å². The van der Waals surface area contributed by atoms with Gasteiger partial charge in [0.2, 0.25) is 0 Å². The van der Waals surface area contributed by atoms with Crippen LogP contribution < -0.4 is 5.32 Å². The Kier molecular flexibility index (Phi) is 4.85. The van der Waals surface area contributed by atoms with Gasteiger partial charge in [0.25, 0.3) is 0 Å². The zero-order chi connectivity index (χ0) is 14.4. The fourth-order valence-corrected chi connectivity index (χ4v) is 1.99. The van der Waals surface area contributed by atoms with Gasteiger partial charge in [-0.3, -0.25) is 9.78 Å². The maximum absolute atomic E-state index is 10.6. The predicted octanol–water partition coefficient (Wildman–Crippen LogP) is 2.56. The number of nitrogens with zero attached hydrogens (tertiary/aromatic N) is 1. The number of pyridine rings is 1. The molecule has 2 N–H and O–H groups in total. The summed E-state index contributed by atoms with van der Waals surface area (Å²) in [6, 6.07) is 11.9. The lowest BCUT2D eigenvalue weighted by molar-refractivity contribution is -0.136. The highest BCUT2D eigenvalue weighted by Crippen LogP contribution is 2.12. The molecule has 104 valence electrons. The van der Waals surface area contributed by atoms with Crippen LogP contribution in [0, 0.1) is 0 Å². The first-order chi connectivity index (χ1) is 9.65. The van der Waals surface area contributed by atoms with Crippen molar-refractivity contribution >= 4 is 5.97 Å². The van der Waals surface area contributed by atoms with Gasteiger partial charge in [-0.25, -0.2) is 0 Å². The van der Waals surface area contributed by atoms with Crippen molar-refractivity contribution in [3.8, 4) is 0 Å². The second kappa shape index (κ2) is 6.82. The molecule has 0 spiro atoms. The van der Waals surface area contributed by atoms with Crippen LogP contribution in [-0.2, 0) is 17.8 Å². The van der Waals surface area contributed by atoms with Gasteiger partial charge in [0.05, 0.1) is 6.42 Å². The van der Waals surface area contributed by atoms with Crippen LogP contribution in [0.25, 0.3) is 0 Å². The van der Waals surface area contributed by atoms with Gasteiger partial charge in [-0.2, -0.15) is 0 Å². The summed E-state index contributed by atoms with van der Waals surface area (Å²) in [5, 5.41) is 12.2. The lowest BCUT2D eigenvalue weighted by Crippen LogP contribution is -2.18. The van der Waals surface area contributed by atoms with E-state index in [1.807, 2.05) is 36.4 Å². The first-order valence-corrected chi connectivity index (χ1v) is 6.58. The highest BCUT2D eigenvalue weighted by Gasteiger charge is 2.04. The molecule has 1 heterocycles. The maximum atomic E-state index is 10.6. The van der Waals surface area contributed by atoms with E-state index in [4.69, 9.17) is 5.11 Å². The number of hydrogen-bond donors (Lipinski definition) is 2. The largest absolute Gasteiger partial charge is 0.481 e. The highest BCUT2D eigenvalue weighted by atomic mass is 16.4. The van der Waals surface area contributed by atoms with E-state index in [0.29, 0.717) is 0 Å². The van der Waals surface area contributed by atoms with Gasteiger partial charge in [-0.05, 0) is 35.7 Å². The molecule has 0 unspecified atom stereocenters. The van der Waals surface area contributed by atoms with Crippen LogP contribution in [0.4, 0.5) is 0 Å². The van der Waals surface area contributed by atoms with E-state index in [1.165, 1.54) is 5.56 Å². The molecule has 1 aromatic carbocycles. The molecule has 2 aromatic rings. The summed E-state index contributed by atoms with van der Waals surface area (Å²) in [6.45, 7) is 2.85. The number of aromatic nitrogens is 1. The molecule has 0 bridgehead atoms. The van der Waals surface area contributed by atoms with Gasteiger partial charge >= 0.3 is 5.97 Å². The van der Waals surface area contributed by atoms with Crippen molar-refractivity contribution in [2.24, 2.45) is 0 Å². The Labute approximate surface area is 118 Å². The number of nitrogens with one attached hydrogen (secondary N) is 1. The summed E-state index contributed by atoms with van der Waals surface area (Å²) in [5.41, 5.74) is 3.16. The van der Waals surface area contributed by atoms with Crippen molar-refractivity contribution in [3.63, 3.8) is 0 Å². The van der Waals surface area contributed by atoms with Gasteiger partial charge in [0.1, 0.15) is 0 Å². The molecule has 2 rings (SSSR count). The fourth-order valence-electron chi connectivity index (χ4n) is 1.99. The van der Waals surface area contributed by atoms with Crippen LogP contribution in [-0.4, -0.2) is 16.1 Å². The van der Waals surface area contributed by atoms with Crippen molar-refractivity contribution in [3.05, 3.63) is 65.5 Å². The Bertz CT molecular complexity index is 552. The van der Waals surface area contributed by atoms with Crippen LogP contribution in [0.15, 0.2) is 48.8 Å². The highest BCUT2D eigenvalue weighted by molar-refractivity contribution is 5.70. The molecule has 0 fully saturated rings. The Hall–Kier alpha value is -2.20. The lowest BCUT2D eigenvalue weighted by atomic mass is 10.1. The zero-order valence-corrected chi connectivity index (χ0v) is 11.4. The fraction of sp³-hybridized carbons (Fsp3) is 0.250. The van der Waals surface area contributed by atoms with Gasteiger partial charge in [-0.15, -0.1) is 0 Å². The van der Waals surface area contributed by atoms with Crippen LogP contribution in [0.3, 0.4) is 0 Å². The van der Waals surface area contributed by atoms with E-state index < -0.39 is 5.97 Å². The first kappa shape index (κ1) is 14.2. The number of hydrogen-bond acceptors (Lipinski definition) is 3. The molecule has 20 heavy (non-hydrogen) atoms. The molecule has 0 aliphatic rings. The summed E-state index contributed by atoms with van der Waals surface area (Å²) >= 11 is 0. The second-order valence-corrected chi connectivity index (χ2v) is 4.77. The van der Waals surface area contributed by atoms with Gasteiger partial charge in [-0.1, -0.05) is 24.3 Å². The third-order valence-corrected chi connectivity index (χ3v) is 3.20. The van der Waals surface area contributed by atoms with Crippen LogP contribution >= 0.6 is 0 Å². The summed E-state index contributed by atoms with van der Waals surface area (Å²) in [6.07, 6.45) is 3.64. The van der Waals surface area contributed by atoms with Gasteiger partial charge < -0.3 is 10.4 Å². The number of carboxylic acids is 1. The van der Waals surface area contributed by atoms with Gasteiger partial charge in [0.15, 0.2) is 0 Å². The average molecular weight is 270 g/mol. The third-order valence-electron chi connectivity index (χ3n) is 3.20. The standard InChI is InChI=1S/C16H18N2O2/c1-12(15-6-8-17-9-7-15)18-11-14-4-2-13(3-5-14)10-16(19)20/h2-9,12,18H,10-11H2,1H3,(H,19,20)/t12-/m0/s1. The van der Waals surface area contributed by atoms with Crippen molar-refractivity contribution < 1.29 is 9.90 Å². The van der Waals surface area contributed by atoms with Gasteiger partial charge in [0, 0.05) is 25.0 Å². The second-order valence-electron chi connectivity index (χ2n) is 4.77. The number of rotatable bonds is 6. The minimum absolute atomic E-state index is 0.0706. The average Bonchev–Trinajstić information content (AvgIpc) is 2.46. The molecule has 0 saturated heterocycles.